The van der Waals surface area contributed by atoms with Crippen molar-refractivity contribution in [2.24, 2.45) is 0 Å². The van der Waals surface area contributed by atoms with Crippen LogP contribution in [0.4, 0.5) is 0 Å². The van der Waals surface area contributed by atoms with Crippen LogP contribution in [0.5, 0.6) is 11.5 Å². The second-order valence-corrected chi connectivity index (χ2v) is 9.55. The van der Waals surface area contributed by atoms with Crippen LogP contribution in [0.25, 0.3) is 20.8 Å². The minimum atomic E-state index is 0.0523. The van der Waals surface area contributed by atoms with Gasteiger partial charge in [0, 0.05) is 11.9 Å². The molecular formula is C24H23N3O3S2. The predicted molar refractivity (Wildman–Crippen MR) is 128 cm³/mol. The maximum Gasteiger partial charge on any atom is 0.229 e. The maximum atomic E-state index is 13.2. The van der Waals surface area contributed by atoms with Crippen LogP contribution >= 0.6 is 22.7 Å². The molecule has 0 aliphatic carbocycles. The molecule has 1 aliphatic heterocycles. The SMILES string of the molecule is COc1cccc(-c2nc(CC(=O)N3CCCC3c3nc4ccccc4s3)cs2)c1OC. The quantitative estimate of drug-likeness (QED) is 0.384. The summed E-state index contributed by atoms with van der Waals surface area (Å²) in [6, 6.07) is 13.9. The number of carbonyl (C=O) groups is 1. The smallest absolute Gasteiger partial charge is 0.229 e. The number of hydrogen-bond donors (Lipinski definition) is 0. The first kappa shape index (κ1) is 20.9. The number of fused-ring (bicyclic) bond motifs is 1. The van der Waals surface area contributed by atoms with Crippen LogP contribution in [0, 0.1) is 0 Å². The molecule has 1 fully saturated rings. The molecule has 1 aliphatic rings. The summed E-state index contributed by atoms with van der Waals surface area (Å²) in [6.45, 7) is 0.764. The zero-order chi connectivity index (χ0) is 22.1. The van der Waals surface area contributed by atoms with Crippen molar-refractivity contribution in [3.8, 4) is 22.1 Å². The molecule has 5 rings (SSSR count). The molecule has 0 bridgehead atoms. The molecule has 3 heterocycles. The number of methoxy groups -OCH3 is 2. The number of ether oxygens (including phenoxy) is 2. The first-order chi connectivity index (χ1) is 15.7. The van der Waals surface area contributed by atoms with Crippen LogP contribution in [0.1, 0.15) is 29.6 Å². The van der Waals surface area contributed by atoms with Gasteiger partial charge in [-0.1, -0.05) is 18.2 Å². The van der Waals surface area contributed by atoms with Gasteiger partial charge < -0.3 is 14.4 Å². The summed E-state index contributed by atoms with van der Waals surface area (Å²) in [4.78, 5) is 24.7. The minimum Gasteiger partial charge on any atom is -0.493 e. The van der Waals surface area contributed by atoms with Gasteiger partial charge in [-0.3, -0.25) is 4.79 Å². The van der Waals surface area contributed by atoms with Gasteiger partial charge in [0.05, 0.1) is 48.2 Å². The third-order valence-electron chi connectivity index (χ3n) is 5.69. The van der Waals surface area contributed by atoms with E-state index in [1.807, 2.05) is 46.7 Å². The van der Waals surface area contributed by atoms with Gasteiger partial charge in [-0.05, 0) is 37.1 Å². The van der Waals surface area contributed by atoms with Gasteiger partial charge in [0.2, 0.25) is 5.91 Å². The second-order valence-electron chi connectivity index (χ2n) is 7.63. The van der Waals surface area contributed by atoms with Crippen molar-refractivity contribution in [1.29, 1.82) is 0 Å². The monoisotopic (exact) mass is 465 g/mol. The highest BCUT2D eigenvalue weighted by molar-refractivity contribution is 7.18. The van der Waals surface area contributed by atoms with Crippen molar-refractivity contribution in [1.82, 2.24) is 14.9 Å². The lowest BCUT2D eigenvalue weighted by molar-refractivity contribution is -0.131. The summed E-state index contributed by atoms with van der Waals surface area (Å²) in [7, 11) is 3.24. The van der Waals surface area contributed by atoms with Crippen LogP contribution in [0.2, 0.25) is 0 Å². The Labute approximate surface area is 194 Å². The largest absolute Gasteiger partial charge is 0.493 e. The number of thiazole rings is 2. The molecule has 164 valence electrons. The van der Waals surface area contributed by atoms with Crippen LogP contribution in [-0.4, -0.2) is 41.5 Å². The van der Waals surface area contributed by atoms with Crippen molar-refractivity contribution in [2.75, 3.05) is 20.8 Å². The first-order valence-electron chi connectivity index (χ1n) is 10.5. The number of para-hydroxylation sites is 2. The Morgan fingerprint density at radius 1 is 1.12 bits per heavy atom. The molecule has 0 radical (unpaired) electrons. The van der Waals surface area contributed by atoms with E-state index in [4.69, 9.17) is 19.4 Å². The minimum absolute atomic E-state index is 0.0523. The molecule has 32 heavy (non-hydrogen) atoms. The van der Waals surface area contributed by atoms with Gasteiger partial charge in [0.15, 0.2) is 11.5 Å². The van der Waals surface area contributed by atoms with E-state index in [1.165, 1.54) is 11.3 Å². The van der Waals surface area contributed by atoms with Crippen molar-refractivity contribution in [2.45, 2.75) is 25.3 Å². The molecular weight excluding hydrogens is 442 g/mol. The number of amides is 1. The molecule has 1 unspecified atom stereocenters. The van der Waals surface area contributed by atoms with Gasteiger partial charge in [0.1, 0.15) is 10.0 Å². The molecule has 1 amide bonds. The molecule has 4 aromatic rings. The Kier molecular flexibility index (Phi) is 5.80. The molecule has 1 saturated heterocycles. The summed E-state index contributed by atoms with van der Waals surface area (Å²) < 4.78 is 12.1. The molecule has 1 atom stereocenters. The summed E-state index contributed by atoms with van der Waals surface area (Å²) in [5.74, 6) is 1.41. The second kappa shape index (κ2) is 8.88. The molecule has 8 heteroatoms. The van der Waals surface area contributed by atoms with Crippen LogP contribution < -0.4 is 9.47 Å². The number of benzene rings is 2. The molecule has 0 saturated carbocycles. The number of carbonyl (C=O) groups excluding carboxylic acids is 1. The third kappa shape index (κ3) is 3.84. The lowest BCUT2D eigenvalue weighted by atomic mass is 10.2. The van der Waals surface area contributed by atoms with Gasteiger partial charge in [0.25, 0.3) is 0 Å². The van der Waals surface area contributed by atoms with E-state index in [1.54, 1.807) is 25.6 Å². The van der Waals surface area contributed by atoms with Crippen molar-refractivity contribution >= 4 is 38.8 Å². The predicted octanol–water partition coefficient (Wildman–Crippen LogP) is 5.34. The highest BCUT2D eigenvalue weighted by atomic mass is 32.1. The zero-order valence-corrected chi connectivity index (χ0v) is 19.5. The number of rotatable bonds is 6. The standard InChI is InChI=1S/C24H23N3O3S2/c1-29-19-10-5-7-16(22(19)30-2)23-25-15(14-31-23)13-21(28)27-12-6-9-18(27)24-26-17-8-3-4-11-20(17)32-24/h3-5,7-8,10-11,14,18H,6,9,12-13H2,1-2H3. The summed E-state index contributed by atoms with van der Waals surface area (Å²) >= 11 is 3.19. The highest BCUT2D eigenvalue weighted by Crippen LogP contribution is 2.40. The lowest BCUT2D eigenvalue weighted by Gasteiger charge is -2.22. The van der Waals surface area contributed by atoms with E-state index in [-0.39, 0.29) is 18.4 Å². The summed E-state index contributed by atoms with van der Waals surface area (Å²) in [5.41, 5.74) is 2.64. The highest BCUT2D eigenvalue weighted by Gasteiger charge is 2.32. The van der Waals surface area contributed by atoms with Crippen LogP contribution in [0.3, 0.4) is 0 Å². The van der Waals surface area contributed by atoms with E-state index < -0.39 is 0 Å². The Morgan fingerprint density at radius 2 is 2.00 bits per heavy atom. The van der Waals surface area contributed by atoms with Crippen molar-refractivity contribution < 1.29 is 14.3 Å². The Bertz CT molecular complexity index is 1230. The number of aromatic nitrogens is 2. The lowest BCUT2D eigenvalue weighted by Crippen LogP contribution is -2.31. The Morgan fingerprint density at radius 3 is 2.81 bits per heavy atom. The average Bonchev–Trinajstić information content (AvgIpc) is 3.57. The number of likely N-dealkylation sites (tertiary alicyclic amines) is 1. The average molecular weight is 466 g/mol. The van der Waals surface area contributed by atoms with Crippen LogP contribution in [-0.2, 0) is 11.2 Å². The summed E-state index contributed by atoms with van der Waals surface area (Å²) in [6.07, 6.45) is 2.23. The molecule has 0 spiro atoms. The summed E-state index contributed by atoms with van der Waals surface area (Å²) in [5, 5.41) is 3.79. The van der Waals surface area contributed by atoms with E-state index in [2.05, 4.69) is 6.07 Å². The zero-order valence-electron chi connectivity index (χ0n) is 17.9. The molecule has 0 N–H and O–H groups in total. The van der Waals surface area contributed by atoms with Crippen LogP contribution in [0.15, 0.2) is 47.8 Å². The van der Waals surface area contributed by atoms with Gasteiger partial charge in [-0.2, -0.15) is 0 Å². The Balaban J connectivity index is 1.35. The number of nitrogens with zero attached hydrogens (tertiary/aromatic N) is 3. The first-order valence-corrected chi connectivity index (χ1v) is 12.2. The van der Waals surface area contributed by atoms with Crippen molar-refractivity contribution in [3.05, 3.63) is 58.5 Å². The molecule has 2 aromatic carbocycles. The fraction of sp³-hybridized carbons (Fsp3) is 0.292. The topological polar surface area (TPSA) is 64.5 Å². The van der Waals surface area contributed by atoms with Crippen molar-refractivity contribution in [3.63, 3.8) is 0 Å². The van der Waals surface area contributed by atoms with E-state index in [0.29, 0.717) is 11.5 Å². The third-order valence-corrected chi connectivity index (χ3v) is 7.75. The molecule has 6 nitrogen and oxygen atoms in total. The molecule has 2 aromatic heterocycles. The fourth-order valence-electron chi connectivity index (χ4n) is 4.18. The van der Waals surface area contributed by atoms with E-state index in [9.17, 15) is 4.79 Å². The van der Waals surface area contributed by atoms with Gasteiger partial charge in [-0.15, -0.1) is 22.7 Å². The maximum absolute atomic E-state index is 13.2. The normalized spacial score (nSPS) is 15.9. The van der Waals surface area contributed by atoms with Gasteiger partial charge >= 0.3 is 0 Å². The number of hydrogen-bond acceptors (Lipinski definition) is 7. The Hall–Kier alpha value is -2.97. The van der Waals surface area contributed by atoms with E-state index >= 15 is 0 Å². The van der Waals surface area contributed by atoms with Gasteiger partial charge in [-0.25, -0.2) is 9.97 Å². The fourth-order valence-corrected chi connectivity index (χ4v) is 6.14. The van der Waals surface area contributed by atoms with E-state index in [0.717, 1.165) is 50.9 Å².